The topological polar surface area (TPSA) is 55.0 Å². The van der Waals surface area contributed by atoms with Crippen LogP contribution in [0.3, 0.4) is 0 Å². The van der Waals surface area contributed by atoms with Gasteiger partial charge < -0.3 is 10.6 Å². The highest BCUT2D eigenvalue weighted by Crippen LogP contribution is 2.44. The molecular formula is C15H22N4S. The standard InChI is InChI=1S/C15H22N4S/c16-13(20)12-4-9-17-14(18-12)19-10-7-15(8-11-19)5-2-1-3-6-15/h4,9H,1-3,5-8,10-11H2,(H2,16,20). The average Bonchev–Trinajstić information content (AvgIpc) is 2.49. The van der Waals surface area contributed by atoms with E-state index in [1.807, 2.05) is 0 Å². The number of nitrogens with zero attached hydrogens (tertiary/aromatic N) is 3. The first-order valence-corrected chi connectivity index (χ1v) is 7.97. The highest BCUT2D eigenvalue weighted by molar-refractivity contribution is 7.80. The normalized spacial score (nSPS) is 21.9. The molecule has 2 fully saturated rings. The van der Waals surface area contributed by atoms with Crippen molar-refractivity contribution < 1.29 is 0 Å². The highest BCUT2D eigenvalue weighted by atomic mass is 32.1. The van der Waals surface area contributed by atoms with Crippen LogP contribution in [-0.4, -0.2) is 28.0 Å². The molecule has 0 unspecified atom stereocenters. The lowest BCUT2D eigenvalue weighted by Crippen LogP contribution is -2.42. The van der Waals surface area contributed by atoms with E-state index < -0.39 is 0 Å². The molecule has 1 aliphatic heterocycles. The average molecular weight is 290 g/mol. The highest BCUT2D eigenvalue weighted by Gasteiger charge is 2.36. The second-order valence-corrected chi connectivity index (χ2v) is 6.59. The van der Waals surface area contributed by atoms with E-state index in [2.05, 4.69) is 14.9 Å². The third kappa shape index (κ3) is 2.77. The second-order valence-electron chi connectivity index (χ2n) is 6.15. The summed E-state index contributed by atoms with van der Waals surface area (Å²) in [5, 5.41) is 0. The first-order valence-electron chi connectivity index (χ1n) is 7.56. The Morgan fingerprint density at radius 1 is 1.15 bits per heavy atom. The molecule has 1 aliphatic carbocycles. The fraction of sp³-hybridized carbons (Fsp3) is 0.667. The summed E-state index contributed by atoms with van der Waals surface area (Å²) in [6, 6.07) is 1.78. The zero-order valence-corrected chi connectivity index (χ0v) is 12.7. The number of anilines is 1. The van der Waals surface area contributed by atoms with Crippen LogP contribution in [-0.2, 0) is 0 Å². The van der Waals surface area contributed by atoms with Gasteiger partial charge in [-0.3, -0.25) is 0 Å². The predicted octanol–water partition coefficient (Wildman–Crippen LogP) is 2.66. The Bertz CT molecular complexity index is 486. The third-order valence-corrected chi connectivity index (χ3v) is 5.13. The molecular weight excluding hydrogens is 268 g/mol. The molecule has 0 amide bonds. The van der Waals surface area contributed by atoms with Crippen molar-refractivity contribution in [1.82, 2.24) is 9.97 Å². The van der Waals surface area contributed by atoms with Gasteiger partial charge in [-0.05, 0) is 37.2 Å². The van der Waals surface area contributed by atoms with Gasteiger partial charge in [0, 0.05) is 19.3 Å². The molecule has 3 rings (SSSR count). The van der Waals surface area contributed by atoms with Gasteiger partial charge in [0.05, 0.1) is 0 Å². The molecule has 1 aromatic rings. The number of nitrogens with two attached hydrogens (primary N) is 1. The Morgan fingerprint density at radius 2 is 1.85 bits per heavy atom. The van der Waals surface area contributed by atoms with Gasteiger partial charge >= 0.3 is 0 Å². The van der Waals surface area contributed by atoms with E-state index in [1.54, 1.807) is 12.3 Å². The zero-order valence-electron chi connectivity index (χ0n) is 11.8. The van der Waals surface area contributed by atoms with E-state index in [4.69, 9.17) is 18.0 Å². The number of piperidine rings is 1. The van der Waals surface area contributed by atoms with Gasteiger partial charge in [-0.1, -0.05) is 31.5 Å². The van der Waals surface area contributed by atoms with Crippen LogP contribution in [0.2, 0.25) is 0 Å². The molecule has 1 aromatic heterocycles. The molecule has 20 heavy (non-hydrogen) atoms. The lowest BCUT2D eigenvalue weighted by atomic mass is 9.68. The molecule has 1 saturated carbocycles. The van der Waals surface area contributed by atoms with Crippen molar-refractivity contribution >= 4 is 23.2 Å². The summed E-state index contributed by atoms with van der Waals surface area (Å²) < 4.78 is 0. The van der Waals surface area contributed by atoms with Gasteiger partial charge in [-0.25, -0.2) is 9.97 Å². The zero-order chi connectivity index (χ0) is 14.0. The Morgan fingerprint density at radius 3 is 2.50 bits per heavy atom. The van der Waals surface area contributed by atoms with E-state index in [1.165, 1.54) is 44.9 Å². The van der Waals surface area contributed by atoms with Gasteiger partial charge in [0.25, 0.3) is 0 Å². The van der Waals surface area contributed by atoms with E-state index in [0.29, 0.717) is 16.1 Å². The monoisotopic (exact) mass is 290 g/mol. The van der Waals surface area contributed by atoms with Crippen LogP contribution >= 0.6 is 12.2 Å². The number of thiocarbonyl (C=S) groups is 1. The van der Waals surface area contributed by atoms with Crippen molar-refractivity contribution in [3.63, 3.8) is 0 Å². The predicted molar refractivity (Wildman–Crippen MR) is 84.9 cm³/mol. The maximum absolute atomic E-state index is 5.65. The molecule has 0 bridgehead atoms. The van der Waals surface area contributed by atoms with Gasteiger partial charge in [0.15, 0.2) is 0 Å². The molecule has 0 atom stereocenters. The Balaban J connectivity index is 1.68. The fourth-order valence-electron chi connectivity index (χ4n) is 3.62. The van der Waals surface area contributed by atoms with Crippen LogP contribution in [0.4, 0.5) is 5.95 Å². The fourth-order valence-corrected chi connectivity index (χ4v) is 3.73. The molecule has 2 aliphatic rings. The van der Waals surface area contributed by atoms with Crippen LogP contribution in [0.25, 0.3) is 0 Å². The SMILES string of the molecule is NC(=S)c1ccnc(N2CCC3(CCCCC3)CC2)n1. The van der Waals surface area contributed by atoms with Crippen LogP contribution in [0, 0.1) is 5.41 Å². The Labute approximate surface area is 125 Å². The van der Waals surface area contributed by atoms with Gasteiger partial charge in [0.1, 0.15) is 10.7 Å². The largest absolute Gasteiger partial charge is 0.388 e. The second kappa shape index (κ2) is 5.64. The first kappa shape index (κ1) is 13.7. The minimum atomic E-state index is 0.342. The first-order chi connectivity index (χ1) is 9.69. The van der Waals surface area contributed by atoms with Crippen molar-refractivity contribution in [2.75, 3.05) is 18.0 Å². The van der Waals surface area contributed by atoms with Gasteiger partial charge in [-0.2, -0.15) is 0 Å². The van der Waals surface area contributed by atoms with Crippen LogP contribution < -0.4 is 10.6 Å². The lowest BCUT2D eigenvalue weighted by Gasteiger charge is -2.44. The number of hydrogen-bond donors (Lipinski definition) is 1. The van der Waals surface area contributed by atoms with Crippen LogP contribution in [0.5, 0.6) is 0 Å². The summed E-state index contributed by atoms with van der Waals surface area (Å²) in [6.07, 6.45) is 11.4. The maximum Gasteiger partial charge on any atom is 0.225 e. The van der Waals surface area contributed by atoms with E-state index in [-0.39, 0.29) is 0 Å². The number of hydrogen-bond acceptors (Lipinski definition) is 4. The van der Waals surface area contributed by atoms with Crippen molar-refractivity contribution in [2.45, 2.75) is 44.9 Å². The summed E-state index contributed by atoms with van der Waals surface area (Å²) in [5.74, 6) is 0.779. The molecule has 4 nitrogen and oxygen atoms in total. The third-order valence-electron chi connectivity index (χ3n) is 4.92. The molecule has 2 heterocycles. The van der Waals surface area contributed by atoms with Crippen molar-refractivity contribution in [3.8, 4) is 0 Å². The summed E-state index contributed by atoms with van der Waals surface area (Å²) in [4.78, 5) is 11.5. The molecule has 1 spiro atoms. The van der Waals surface area contributed by atoms with Crippen molar-refractivity contribution in [3.05, 3.63) is 18.0 Å². The van der Waals surface area contributed by atoms with Crippen LogP contribution in [0.1, 0.15) is 50.6 Å². The summed E-state index contributed by atoms with van der Waals surface area (Å²) in [7, 11) is 0. The number of aromatic nitrogens is 2. The molecule has 0 radical (unpaired) electrons. The van der Waals surface area contributed by atoms with Crippen LogP contribution in [0.15, 0.2) is 12.3 Å². The van der Waals surface area contributed by atoms with Crippen molar-refractivity contribution in [1.29, 1.82) is 0 Å². The van der Waals surface area contributed by atoms with Gasteiger partial charge in [0.2, 0.25) is 5.95 Å². The van der Waals surface area contributed by atoms with E-state index >= 15 is 0 Å². The minimum Gasteiger partial charge on any atom is -0.388 e. The van der Waals surface area contributed by atoms with Gasteiger partial charge in [-0.15, -0.1) is 0 Å². The summed E-state index contributed by atoms with van der Waals surface area (Å²) in [6.45, 7) is 2.11. The summed E-state index contributed by atoms with van der Waals surface area (Å²) in [5.41, 5.74) is 6.92. The molecule has 108 valence electrons. The van der Waals surface area contributed by atoms with E-state index in [9.17, 15) is 0 Å². The molecule has 1 saturated heterocycles. The summed E-state index contributed by atoms with van der Waals surface area (Å²) >= 11 is 4.99. The smallest absolute Gasteiger partial charge is 0.225 e. The molecule has 0 aromatic carbocycles. The minimum absolute atomic E-state index is 0.342. The Kier molecular flexibility index (Phi) is 3.87. The Hall–Kier alpha value is -1.23. The van der Waals surface area contributed by atoms with Crippen molar-refractivity contribution in [2.24, 2.45) is 11.1 Å². The molecule has 5 heteroatoms. The maximum atomic E-state index is 5.65. The quantitative estimate of drug-likeness (QED) is 0.849. The number of rotatable bonds is 2. The molecule has 2 N–H and O–H groups in total. The van der Waals surface area contributed by atoms with E-state index in [0.717, 1.165) is 19.0 Å². The lowest BCUT2D eigenvalue weighted by molar-refractivity contribution is 0.144.